The highest BCUT2D eigenvalue weighted by Gasteiger charge is 2.32. The van der Waals surface area contributed by atoms with E-state index in [0.29, 0.717) is 31.2 Å². The van der Waals surface area contributed by atoms with Crippen molar-refractivity contribution in [3.05, 3.63) is 81.1 Å². The molecule has 1 aliphatic rings. The maximum absolute atomic E-state index is 13.2. The van der Waals surface area contributed by atoms with E-state index in [9.17, 15) is 8.42 Å². The van der Waals surface area contributed by atoms with E-state index in [1.165, 1.54) is 15.9 Å². The second kappa shape index (κ2) is 8.74. The molecule has 1 aliphatic heterocycles. The molecule has 8 heteroatoms. The lowest BCUT2D eigenvalue weighted by molar-refractivity contribution is 0.103. The van der Waals surface area contributed by atoms with Crippen LogP contribution in [0.5, 0.6) is 0 Å². The van der Waals surface area contributed by atoms with Gasteiger partial charge in [0.1, 0.15) is 0 Å². The number of fused-ring (bicyclic) bond motifs is 1. The predicted molar refractivity (Wildman–Crippen MR) is 120 cm³/mol. The molecule has 0 unspecified atom stereocenters. The molecule has 2 aromatic carbocycles. The summed E-state index contributed by atoms with van der Waals surface area (Å²) in [7, 11) is -1.75. The van der Waals surface area contributed by atoms with Crippen molar-refractivity contribution in [2.45, 2.75) is 44.9 Å². The number of rotatable bonds is 6. The molecule has 164 valence electrons. The summed E-state index contributed by atoms with van der Waals surface area (Å²) in [4.78, 5) is 0.215. The third kappa shape index (κ3) is 4.55. The molecule has 0 fully saturated rings. The van der Waals surface area contributed by atoms with Crippen LogP contribution in [0, 0.1) is 13.8 Å². The molecule has 0 saturated heterocycles. The van der Waals surface area contributed by atoms with Crippen LogP contribution in [0.15, 0.2) is 47.4 Å². The van der Waals surface area contributed by atoms with Crippen molar-refractivity contribution in [2.24, 2.45) is 7.05 Å². The highest BCUT2D eigenvalue weighted by Crippen LogP contribution is 2.29. The summed E-state index contributed by atoms with van der Waals surface area (Å²) in [6, 6.07) is 13.1. The maximum atomic E-state index is 13.2. The molecule has 0 radical (unpaired) electrons. The molecule has 2 heterocycles. The Labute approximate surface area is 188 Å². The van der Waals surface area contributed by atoms with Gasteiger partial charge in [-0.1, -0.05) is 47.5 Å². The van der Waals surface area contributed by atoms with E-state index >= 15 is 0 Å². The van der Waals surface area contributed by atoms with Crippen LogP contribution in [0.1, 0.15) is 33.6 Å². The molecule has 0 amide bonds. The van der Waals surface area contributed by atoms with Crippen molar-refractivity contribution in [3.8, 4) is 0 Å². The Bertz CT molecular complexity index is 1200. The lowest BCUT2D eigenvalue weighted by atomic mass is 10.1. The molecule has 0 saturated carbocycles. The SMILES string of the molecule is Cc1ccc(COCc2nn(C)c3c2CN(S(=O)(=O)c2ccc(C)c(Cl)c2)CC3)cc1. The van der Waals surface area contributed by atoms with Crippen molar-refractivity contribution in [1.29, 1.82) is 0 Å². The number of halogens is 1. The van der Waals surface area contributed by atoms with Gasteiger partial charge in [0.25, 0.3) is 0 Å². The van der Waals surface area contributed by atoms with E-state index in [-0.39, 0.29) is 11.4 Å². The van der Waals surface area contributed by atoms with E-state index in [4.69, 9.17) is 16.3 Å². The summed E-state index contributed by atoms with van der Waals surface area (Å²) in [5.74, 6) is 0. The minimum Gasteiger partial charge on any atom is -0.370 e. The van der Waals surface area contributed by atoms with Crippen molar-refractivity contribution >= 4 is 21.6 Å². The van der Waals surface area contributed by atoms with Gasteiger partial charge in [-0.05, 0) is 37.1 Å². The second-order valence-corrected chi connectivity index (χ2v) is 10.3. The van der Waals surface area contributed by atoms with Crippen LogP contribution in [0.4, 0.5) is 0 Å². The van der Waals surface area contributed by atoms with Crippen molar-refractivity contribution < 1.29 is 13.2 Å². The summed E-state index contributed by atoms with van der Waals surface area (Å²) in [6.45, 7) is 5.40. The van der Waals surface area contributed by atoms with Crippen LogP contribution >= 0.6 is 11.6 Å². The fourth-order valence-electron chi connectivity index (χ4n) is 3.80. The molecule has 3 aromatic rings. The Kier molecular flexibility index (Phi) is 6.21. The fourth-order valence-corrected chi connectivity index (χ4v) is 5.48. The molecule has 0 spiro atoms. The smallest absolute Gasteiger partial charge is 0.243 e. The molecule has 31 heavy (non-hydrogen) atoms. The van der Waals surface area contributed by atoms with Crippen LogP contribution in [-0.2, 0) is 48.0 Å². The van der Waals surface area contributed by atoms with Gasteiger partial charge in [0.05, 0.1) is 23.8 Å². The third-order valence-electron chi connectivity index (χ3n) is 5.70. The van der Waals surface area contributed by atoms with Gasteiger partial charge in [-0.2, -0.15) is 9.40 Å². The van der Waals surface area contributed by atoms with E-state index in [2.05, 4.69) is 24.2 Å². The molecule has 0 N–H and O–H groups in total. The lowest BCUT2D eigenvalue weighted by Gasteiger charge is -2.27. The number of ether oxygens (including phenoxy) is 1. The number of sulfonamides is 1. The topological polar surface area (TPSA) is 64.4 Å². The second-order valence-electron chi connectivity index (χ2n) is 7.97. The van der Waals surface area contributed by atoms with Gasteiger partial charge >= 0.3 is 0 Å². The van der Waals surface area contributed by atoms with E-state index < -0.39 is 10.0 Å². The van der Waals surface area contributed by atoms with Gasteiger partial charge < -0.3 is 4.74 Å². The minimum absolute atomic E-state index is 0.215. The first-order chi connectivity index (χ1) is 14.8. The Balaban J connectivity index is 1.51. The zero-order chi connectivity index (χ0) is 22.2. The molecule has 0 bridgehead atoms. The van der Waals surface area contributed by atoms with Crippen LogP contribution < -0.4 is 0 Å². The lowest BCUT2D eigenvalue weighted by Crippen LogP contribution is -2.36. The van der Waals surface area contributed by atoms with Crippen molar-refractivity contribution in [3.63, 3.8) is 0 Å². The Morgan fingerprint density at radius 2 is 1.84 bits per heavy atom. The molecule has 4 rings (SSSR count). The van der Waals surface area contributed by atoms with Crippen LogP contribution in [0.25, 0.3) is 0 Å². The molecule has 0 atom stereocenters. The Morgan fingerprint density at radius 1 is 1.10 bits per heavy atom. The quantitative estimate of drug-likeness (QED) is 0.555. The first-order valence-electron chi connectivity index (χ1n) is 10.2. The number of hydrogen-bond acceptors (Lipinski definition) is 4. The molecule has 0 aliphatic carbocycles. The van der Waals surface area contributed by atoms with Crippen molar-refractivity contribution in [2.75, 3.05) is 6.54 Å². The van der Waals surface area contributed by atoms with Gasteiger partial charge in [-0.3, -0.25) is 4.68 Å². The van der Waals surface area contributed by atoms with E-state index in [1.54, 1.807) is 12.1 Å². The average molecular weight is 460 g/mol. The first kappa shape index (κ1) is 22.0. The van der Waals surface area contributed by atoms with Gasteiger partial charge in [0.15, 0.2) is 0 Å². The predicted octanol–water partition coefficient (Wildman–Crippen LogP) is 4.15. The maximum Gasteiger partial charge on any atom is 0.243 e. The molecular formula is C23H26ClN3O3S. The molecular weight excluding hydrogens is 434 g/mol. The Hall–Kier alpha value is -2.19. The monoisotopic (exact) mass is 459 g/mol. The zero-order valence-corrected chi connectivity index (χ0v) is 19.5. The van der Waals surface area contributed by atoms with Crippen molar-refractivity contribution in [1.82, 2.24) is 14.1 Å². The summed E-state index contributed by atoms with van der Waals surface area (Å²) in [5, 5.41) is 5.05. The number of benzene rings is 2. The summed E-state index contributed by atoms with van der Waals surface area (Å²) in [5.41, 5.74) is 5.92. The van der Waals surface area contributed by atoms with Crippen LogP contribution in [-0.4, -0.2) is 29.0 Å². The highest BCUT2D eigenvalue weighted by molar-refractivity contribution is 7.89. The number of hydrogen-bond donors (Lipinski definition) is 0. The average Bonchev–Trinajstić information content (AvgIpc) is 3.06. The number of aromatic nitrogens is 2. The summed E-state index contributed by atoms with van der Waals surface area (Å²) in [6.07, 6.45) is 0.607. The third-order valence-corrected chi connectivity index (χ3v) is 7.95. The molecule has 6 nitrogen and oxygen atoms in total. The number of nitrogens with zero attached hydrogens (tertiary/aromatic N) is 3. The van der Waals surface area contributed by atoms with Gasteiger partial charge in [0.2, 0.25) is 10.0 Å². The summed E-state index contributed by atoms with van der Waals surface area (Å²) >= 11 is 6.17. The van der Waals surface area contributed by atoms with Crippen LogP contribution in [0.3, 0.4) is 0 Å². The summed E-state index contributed by atoms with van der Waals surface area (Å²) < 4.78 is 35.7. The zero-order valence-electron chi connectivity index (χ0n) is 17.9. The molecule has 1 aromatic heterocycles. The van der Waals surface area contributed by atoms with Crippen LogP contribution in [0.2, 0.25) is 5.02 Å². The van der Waals surface area contributed by atoms with E-state index in [1.807, 2.05) is 30.8 Å². The largest absolute Gasteiger partial charge is 0.370 e. The standard InChI is InChI=1S/C23H26ClN3O3S/c1-16-4-7-18(8-5-16)14-30-15-22-20-13-27(11-10-23(20)26(3)25-22)31(28,29)19-9-6-17(2)21(24)12-19/h4-9,12H,10-11,13-15H2,1-3H3. The van der Waals surface area contributed by atoms with E-state index in [0.717, 1.165) is 28.1 Å². The minimum atomic E-state index is -3.65. The number of aryl methyl sites for hydroxylation is 3. The first-order valence-corrected chi connectivity index (χ1v) is 12.0. The highest BCUT2D eigenvalue weighted by atomic mass is 35.5. The van der Waals surface area contributed by atoms with Gasteiger partial charge in [-0.15, -0.1) is 0 Å². The Morgan fingerprint density at radius 3 is 2.55 bits per heavy atom. The van der Waals surface area contributed by atoms with Gasteiger partial charge in [0, 0.05) is 42.8 Å². The fraction of sp³-hybridized carbons (Fsp3) is 0.348. The normalized spacial score (nSPS) is 14.6. The van der Waals surface area contributed by atoms with Gasteiger partial charge in [-0.25, -0.2) is 8.42 Å².